The summed E-state index contributed by atoms with van der Waals surface area (Å²) < 4.78 is 101. The third-order valence-electron chi connectivity index (χ3n) is 7.47. The Kier molecular flexibility index (Phi) is 7.44. The first-order valence-corrected chi connectivity index (χ1v) is 13.8. The van der Waals surface area contributed by atoms with Crippen molar-refractivity contribution in [2.45, 2.75) is 63.7 Å². The van der Waals surface area contributed by atoms with E-state index in [2.05, 4.69) is 43.2 Å². The number of aromatic nitrogens is 3. The van der Waals surface area contributed by atoms with E-state index in [9.17, 15) is 26.7 Å². The first-order valence-electron chi connectivity index (χ1n) is 13.0. The maximum Gasteiger partial charge on any atom is 0.435 e. The number of hydrogen-bond donors (Lipinski definition) is 1. The lowest BCUT2D eigenvalue weighted by molar-refractivity contribution is -0.142. The molecule has 2 aromatic heterocycles. The highest BCUT2D eigenvalue weighted by Crippen LogP contribution is 2.72. The fourth-order valence-corrected chi connectivity index (χ4v) is 6.03. The van der Waals surface area contributed by atoms with Gasteiger partial charge < -0.3 is 5.32 Å². The Balaban J connectivity index is 1.50. The van der Waals surface area contributed by atoms with Crippen molar-refractivity contribution in [2.75, 3.05) is 0 Å². The predicted octanol–water partition coefficient (Wildman–Crippen LogP) is 6.83. The van der Waals surface area contributed by atoms with Gasteiger partial charge in [0.25, 0.3) is 5.92 Å². The van der Waals surface area contributed by atoms with E-state index in [1.165, 1.54) is 6.92 Å². The smallest absolute Gasteiger partial charge is 0.346 e. The number of amides is 1. The van der Waals surface area contributed by atoms with Crippen molar-refractivity contribution in [3.05, 3.63) is 80.3 Å². The van der Waals surface area contributed by atoms with Crippen molar-refractivity contribution in [2.24, 2.45) is 11.8 Å². The van der Waals surface area contributed by atoms with Crippen LogP contribution in [0.2, 0.25) is 0 Å². The molecule has 222 valence electrons. The fraction of sp³-hybridized carbons (Fsp3) is 0.414. The second-order valence-electron chi connectivity index (χ2n) is 11.1. The number of hydrogen-bond acceptors (Lipinski definition) is 3. The highest BCUT2D eigenvalue weighted by Gasteiger charge is 2.75. The Morgan fingerprint density at radius 1 is 1.19 bits per heavy atom. The minimum Gasteiger partial charge on any atom is -0.346 e. The molecule has 2 aliphatic carbocycles. The summed E-state index contributed by atoms with van der Waals surface area (Å²) in [7, 11) is 0. The van der Waals surface area contributed by atoms with Crippen LogP contribution in [0, 0.1) is 35.3 Å². The SMILES string of the molecule is CC(C)C#Cc1ccc(Br)c(C(Cc2cc(F)cc(F)c2)NC(=O)Cn2nc(C(F)(F)F)c3c2C(F)(F)[C@@H]2CC32C)n1. The molecule has 13 heteroatoms. The number of alkyl halides is 5. The molecule has 1 amide bonds. The van der Waals surface area contributed by atoms with Crippen LogP contribution in [-0.2, 0) is 35.3 Å². The molecule has 42 heavy (non-hydrogen) atoms. The molecule has 2 unspecified atom stereocenters. The number of benzene rings is 1. The molecule has 3 aromatic rings. The van der Waals surface area contributed by atoms with Gasteiger partial charge in [0, 0.05) is 33.4 Å². The number of halogens is 8. The van der Waals surface area contributed by atoms with Crippen molar-refractivity contribution in [1.82, 2.24) is 20.1 Å². The second-order valence-corrected chi connectivity index (χ2v) is 12.0. The maximum atomic E-state index is 15.2. The van der Waals surface area contributed by atoms with E-state index >= 15 is 8.78 Å². The van der Waals surface area contributed by atoms with E-state index in [0.717, 1.165) is 12.1 Å². The molecule has 1 aromatic carbocycles. The molecule has 0 radical (unpaired) electrons. The maximum absolute atomic E-state index is 15.2. The monoisotopic (exact) mass is 656 g/mol. The van der Waals surface area contributed by atoms with Crippen molar-refractivity contribution in [3.63, 3.8) is 0 Å². The molecular weight excluding hydrogens is 633 g/mol. The molecule has 2 aliphatic rings. The van der Waals surface area contributed by atoms with Crippen LogP contribution in [0.4, 0.5) is 30.7 Å². The zero-order valence-electron chi connectivity index (χ0n) is 22.5. The minimum atomic E-state index is -5.00. The van der Waals surface area contributed by atoms with E-state index in [-0.39, 0.29) is 30.0 Å². The van der Waals surface area contributed by atoms with Crippen LogP contribution in [0.1, 0.15) is 67.1 Å². The van der Waals surface area contributed by atoms with E-state index in [1.54, 1.807) is 12.1 Å². The largest absolute Gasteiger partial charge is 0.435 e. The average Bonchev–Trinajstić information content (AvgIpc) is 3.34. The van der Waals surface area contributed by atoms with E-state index in [0.29, 0.717) is 20.9 Å². The van der Waals surface area contributed by atoms with Crippen molar-refractivity contribution in [3.8, 4) is 11.8 Å². The Labute approximate surface area is 245 Å². The lowest BCUT2D eigenvalue weighted by Gasteiger charge is -2.21. The fourth-order valence-electron chi connectivity index (χ4n) is 5.54. The number of carbonyl (C=O) groups excluding carboxylic acids is 1. The van der Waals surface area contributed by atoms with Crippen molar-refractivity contribution in [1.29, 1.82) is 0 Å². The summed E-state index contributed by atoms with van der Waals surface area (Å²) in [4.78, 5) is 17.7. The second kappa shape index (κ2) is 10.4. The zero-order valence-corrected chi connectivity index (χ0v) is 24.1. The summed E-state index contributed by atoms with van der Waals surface area (Å²) in [5.74, 6) is -1.72. The first kappa shape index (κ1) is 30.1. The van der Waals surface area contributed by atoms with Crippen LogP contribution in [-0.4, -0.2) is 20.7 Å². The van der Waals surface area contributed by atoms with Crippen molar-refractivity contribution >= 4 is 21.8 Å². The van der Waals surface area contributed by atoms with Crippen LogP contribution in [0.5, 0.6) is 0 Å². The molecule has 1 N–H and O–H groups in total. The Bertz CT molecular complexity index is 1620. The van der Waals surface area contributed by atoms with Crippen LogP contribution >= 0.6 is 15.9 Å². The van der Waals surface area contributed by atoms with E-state index in [1.807, 2.05) is 13.8 Å². The lowest BCUT2D eigenvalue weighted by Crippen LogP contribution is -2.35. The Morgan fingerprint density at radius 3 is 2.48 bits per heavy atom. The molecule has 5 nitrogen and oxygen atoms in total. The van der Waals surface area contributed by atoms with Gasteiger partial charge in [0.05, 0.1) is 11.7 Å². The number of nitrogens with one attached hydrogen (secondary N) is 1. The third-order valence-corrected chi connectivity index (χ3v) is 8.14. The van der Waals surface area contributed by atoms with E-state index < -0.39 is 70.5 Å². The summed E-state index contributed by atoms with van der Waals surface area (Å²) in [6.07, 6.45) is -5.30. The van der Waals surface area contributed by atoms with Gasteiger partial charge >= 0.3 is 6.18 Å². The van der Waals surface area contributed by atoms with Gasteiger partial charge in [0.15, 0.2) is 5.69 Å². The summed E-state index contributed by atoms with van der Waals surface area (Å²) in [6, 6.07) is 4.94. The standard InChI is InChI=1S/C29H24BrF7N4O/c1-14(2)4-5-18-6-7-19(30)24(38-18)20(10-15-8-16(31)11-17(32)9-15)39-22(42)13-41-26-23(25(40-41)29(35,36)37)27(3)12-21(27)28(26,33)34/h6-9,11,14,20-21H,10,12-13H2,1-3H3,(H,39,42)/t20?,21-,27?/m1/s1. The molecule has 1 fully saturated rings. The Morgan fingerprint density at radius 2 is 1.86 bits per heavy atom. The van der Waals surface area contributed by atoms with Crippen LogP contribution in [0.25, 0.3) is 0 Å². The number of carbonyl (C=O) groups is 1. The van der Waals surface area contributed by atoms with Crippen molar-refractivity contribution < 1.29 is 35.5 Å². The molecular formula is C29H24BrF7N4O. The summed E-state index contributed by atoms with van der Waals surface area (Å²) in [5, 5.41) is 6.02. The quantitative estimate of drug-likeness (QED) is 0.234. The molecule has 5 rings (SSSR count). The minimum absolute atomic E-state index is 0.0217. The van der Waals surface area contributed by atoms with Crippen LogP contribution < -0.4 is 5.32 Å². The number of nitrogens with zero attached hydrogens (tertiary/aromatic N) is 3. The summed E-state index contributed by atoms with van der Waals surface area (Å²) >= 11 is 3.36. The van der Waals surface area contributed by atoms with Crippen LogP contribution in [0.15, 0.2) is 34.8 Å². The summed E-state index contributed by atoms with van der Waals surface area (Å²) in [5.41, 5.74) is -3.62. The first-order chi connectivity index (χ1) is 19.5. The molecule has 3 atom stereocenters. The number of fused-ring (bicyclic) bond motifs is 3. The van der Waals surface area contributed by atoms with Crippen LogP contribution in [0.3, 0.4) is 0 Å². The van der Waals surface area contributed by atoms with Gasteiger partial charge in [-0.05, 0) is 64.5 Å². The topological polar surface area (TPSA) is 59.8 Å². The molecule has 0 bridgehead atoms. The van der Waals surface area contributed by atoms with Gasteiger partial charge in [-0.15, -0.1) is 0 Å². The number of rotatable bonds is 6. The normalized spacial score (nSPS) is 20.9. The molecule has 0 saturated heterocycles. The number of pyridine rings is 1. The average molecular weight is 657 g/mol. The zero-order chi connectivity index (χ0) is 30.8. The van der Waals surface area contributed by atoms with Gasteiger partial charge in [-0.3, -0.25) is 9.48 Å². The Hall–Kier alpha value is -3.40. The summed E-state index contributed by atoms with van der Waals surface area (Å²) in [6.45, 7) is 4.14. The molecule has 2 heterocycles. The lowest BCUT2D eigenvalue weighted by atomic mass is 9.99. The van der Waals surface area contributed by atoms with E-state index in [4.69, 9.17) is 0 Å². The third kappa shape index (κ3) is 5.53. The predicted molar refractivity (Wildman–Crippen MR) is 141 cm³/mol. The molecule has 0 spiro atoms. The molecule has 1 saturated carbocycles. The highest BCUT2D eigenvalue weighted by molar-refractivity contribution is 9.10. The van der Waals surface area contributed by atoms with Gasteiger partial charge in [0.1, 0.15) is 29.6 Å². The van der Waals surface area contributed by atoms with Gasteiger partial charge in [-0.1, -0.05) is 26.7 Å². The van der Waals surface area contributed by atoms with Gasteiger partial charge in [0.2, 0.25) is 5.91 Å². The highest BCUT2D eigenvalue weighted by atomic mass is 79.9. The van der Waals surface area contributed by atoms with Gasteiger partial charge in [-0.25, -0.2) is 13.8 Å². The molecule has 0 aliphatic heterocycles. The van der Waals surface area contributed by atoms with Gasteiger partial charge in [-0.2, -0.15) is 27.1 Å².